The van der Waals surface area contributed by atoms with Crippen molar-refractivity contribution in [3.8, 4) is 5.75 Å². The van der Waals surface area contributed by atoms with Crippen LogP contribution in [-0.4, -0.2) is 40.1 Å². The van der Waals surface area contributed by atoms with Crippen LogP contribution in [0.15, 0.2) is 30.5 Å². The molecular formula is C18H25FN4O. The van der Waals surface area contributed by atoms with Crippen LogP contribution >= 0.6 is 0 Å². The summed E-state index contributed by atoms with van der Waals surface area (Å²) in [5.41, 5.74) is 0.379. The predicted molar refractivity (Wildman–Crippen MR) is 90.7 cm³/mol. The van der Waals surface area contributed by atoms with E-state index in [1.807, 2.05) is 35.1 Å². The summed E-state index contributed by atoms with van der Waals surface area (Å²) in [6.45, 7) is 6.29. The molecule has 24 heavy (non-hydrogen) atoms. The largest absolute Gasteiger partial charge is 0.497 e. The number of rotatable bonds is 5. The second-order valence-corrected chi connectivity index (χ2v) is 6.76. The molecule has 0 atom stereocenters. The highest BCUT2D eigenvalue weighted by Crippen LogP contribution is 2.38. The van der Waals surface area contributed by atoms with Crippen LogP contribution in [0.1, 0.15) is 44.0 Å². The highest BCUT2D eigenvalue weighted by atomic mass is 19.1. The zero-order valence-electron chi connectivity index (χ0n) is 14.6. The van der Waals surface area contributed by atoms with E-state index >= 15 is 4.39 Å². The first-order valence-corrected chi connectivity index (χ1v) is 8.47. The highest BCUT2D eigenvalue weighted by molar-refractivity contribution is 5.32. The molecule has 0 unspecified atom stereocenters. The van der Waals surface area contributed by atoms with Crippen LogP contribution in [0.5, 0.6) is 5.75 Å². The van der Waals surface area contributed by atoms with Gasteiger partial charge in [-0.2, -0.15) is 0 Å². The van der Waals surface area contributed by atoms with Crippen molar-refractivity contribution >= 4 is 0 Å². The van der Waals surface area contributed by atoms with E-state index in [-0.39, 0.29) is 0 Å². The van der Waals surface area contributed by atoms with Crippen molar-refractivity contribution < 1.29 is 9.13 Å². The van der Waals surface area contributed by atoms with E-state index < -0.39 is 5.67 Å². The fourth-order valence-corrected chi connectivity index (χ4v) is 3.12. The molecule has 0 N–H and O–H groups in total. The number of aromatic nitrogens is 3. The Balaban J connectivity index is 1.61. The smallest absolute Gasteiger partial charge is 0.138 e. The summed E-state index contributed by atoms with van der Waals surface area (Å²) in [6.07, 6.45) is 2.95. The molecule has 0 bridgehead atoms. The van der Waals surface area contributed by atoms with Gasteiger partial charge in [-0.05, 0) is 44.4 Å². The first kappa shape index (κ1) is 16.9. The molecule has 6 heteroatoms. The average molecular weight is 332 g/mol. The van der Waals surface area contributed by atoms with Crippen LogP contribution in [0, 0.1) is 0 Å². The Morgan fingerprint density at radius 2 is 2.04 bits per heavy atom. The third-order valence-electron chi connectivity index (χ3n) is 4.71. The fraction of sp³-hybridized carbons (Fsp3) is 0.556. The van der Waals surface area contributed by atoms with Gasteiger partial charge in [-0.15, -0.1) is 5.10 Å². The van der Waals surface area contributed by atoms with Gasteiger partial charge < -0.3 is 4.74 Å². The maximum atomic E-state index is 15.3. The number of piperidine rings is 1. The van der Waals surface area contributed by atoms with E-state index in [1.165, 1.54) is 0 Å². The summed E-state index contributed by atoms with van der Waals surface area (Å²) in [4.78, 5) is 2.24. The van der Waals surface area contributed by atoms with Crippen LogP contribution in [-0.2, 0) is 12.2 Å². The molecule has 1 fully saturated rings. The molecule has 130 valence electrons. The maximum Gasteiger partial charge on any atom is 0.138 e. The molecule has 0 saturated carbocycles. The van der Waals surface area contributed by atoms with Crippen molar-refractivity contribution in [2.75, 3.05) is 20.2 Å². The van der Waals surface area contributed by atoms with Crippen LogP contribution in [0.2, 0.25) is 0 Å². The Morgan fingerprint density at radius 1 is 1.29 bits per heavy atom. The molecule has 5 nitrogen and oxygen atoms in total. The summed E-state index contributed by atoms with van der Waals surface area (Å²) in [5.74, 6) is 0.706. The normalized spacial score (nSPS) is 18.0. The lowest BCUT2D eigenvalue weighted by Crippen LogP contribution is -2.39. The van der Waals surface area contributed by atoms with E-state index in [9.17, 15) is 0 Å². The van der Waals surface area contributed by atoms with Gasteiger partial charge in [0.05, 0.1) is 19.0 Å². The van der Waals surface area contributed by atoms with Crippen molar-refractivity contribution in [2.45, 2.75) is 44.9 Å². The Hall–Kier alpha value is -1.95. The van der Waals surface area contributed by atoms with E-state index in [4.69, 9.17) is 4.74 Å². The Bertz CT molecular complexity index is 677. The van der Waals surface area contributed by atoms with Crippen molar-refractivity contribution in [2.24, 2.45) is 0 Å². The summed E-state index contributed by atoms with van der Waals surface area (Å²) in [6, 6.07) is 7.67. The number of ether oxygens (including phenoxy) is 1. The standard InChI is InChI=1S/C18H25FN4O/c1-14(2)23-13-16(20-21-23)12-22-9-7-18(19,8-10-22)15-5-4-6-17(11-15)24-3/h4-6,11,13-14H,7-10,12H2,1-3H3. The zero-order valence-corrected chi connectivity index (χ0v) is 14.6. The van der Waals surface area contributed by atoms with Crippen LogP contribution in [0.25, 0.3) is 0 Å². The number of likely N-dealkylation sites (tertiary alicyclic amines) is 1. The molecule has 0 amide bonds. The number of methoxy groups -OCH3 is 1. The van der Waals surface area contributed by atoms with E-state index in [2.05, 4.69) is 29.1 Å². The Labute approximate surface area is 142 Å². The third-order valence-corrected chi connectivity index (χ3v) is 4.71. The lowest BCUT2D eigenvalue weighted by atomic mass is 9.86. The van der Waals surface area contributed by atoms with Gasteiger partial charge in [-0.25, -0.2) is 9.07 Å². The minimum Gasteiger partial charge on any atom is -0.497 e. The van der Waals surface area contributed by atoms with Crippen molar-refractivity contribution in [3.63, 3.8) is 0 Å². The monoisotopic (exact) mass is 332 g/mol. The van der Waals surface area contributed by atoms with E-state index in [1.54, 1.807) is 7.11 Å². The van der Waals surface area contributed by atoms with Gasteiger partial charge in [0.1, 0.15) is 11.4 Å². The summed E-state index contributed by atoms with van der Waals surface area (Å²) >= 11 is 0. The van der Waals surface area contributed by atoms with Gasteiger partial charge in [0.25, 0.3) is 0 Å². The van der Waals surface area contributed by atoms with Gasteiger partial charge in [0.2, 0.25) is 0 Å². The molecule has 0 spiro atoms. The SMILES string of the molecule is COc1cccc(C2(F)CCN(Cc3cn(C(C)C)nn3)CC2)c1. The summed E-state index contributed by atoms with van der Waals surface area (Å²) < 4.78 is 22.4. The predicted octanol–water partition coefficient (Wildman–Crippen LogP) is 3.33. The van der Waals surface area contributed by atoms with Crippen molar-refractivity contribution in [1.82, 2.24) is 19.9 Å². The minimum absolute atomic E-state index is 0.305. The number of alkyl halides is 1. The van der Waals surface area contributed by atoms with Crippen LogP contribution in [0.3, 0.4) is 0 Å². The molecule has 1 aromatic heterocycles. The van der Waals surface area contributed by atoms with Gasteiger partial charge in [-0.3, -0.25) is 4.90 Å². The average Bonchev–Trinajstić information content (AvgIpc) is 3.06. The van der Waals surface area contributed by atoms with Crippen LogP contribution < -0.4 is 4.74 Å². The Kier molecular flexibility index (Phi) is 4.85. The minimum atomic E-state index is -1.28. The number of halogens is 1. The lowest BCUT2D eigenvalue weighted by molar-refractivity contribution is 0.0519. The molecule has 1 aliphatic rings. The van der Waals surface area contributed by atoms with E-state index in [0.29, 0.717) is 43.3 Å². The third kappa shape index (κ3) is 3.59. The van der Waals surface area contributed by atoms with Crippen molar-refractivity contribution in [1.29, 1.82) is 0 Å². The first-order chi connectivity index (χ1) is 11.5. The maximum absolute atomic E-state index is 15.3. The molecule has 0 radical (unpaired) electrons. The van der Waals surface area contributed by atoms with Gasteiger partial charge in [0, 0.05) is 25.7 Å². The first-order valence-electron chi connectivity index (χ1n) is 8.47. The Morgan fingerprint density at radius 3 is 2.67 bits per heavy atom. The number of nitrogens with zero attached hydrogens (tertiary/aromatic N) is 4. The van der Waals surface area contributed by atoms with Crippen molar-refractivity contribution in [3.05, 3.63) is 41.7 Å². The molecular weight excluding hydrogens is 307 g/mol. The highest BCUT2D eigenvalue weighted by Gasteiger charge is 2.36. The van der Waals surface area contributed by atoms with Crippen LogP contribution in [0.4, 0.5) is 4.39 Å². The quantitative estimate of drug-likeness (QED) is 0.842. The fourth-order valence-electron chi connectivity index (χ4n) is 3.12. The molecule has 1 aliphatic heterocycles. The molecule has 2 aromatic rings. The van der Waals surface area contributed by atoms with Gasteiger partial charge in [-0.1, -0.05) is 17.3 Å². The second-order valence-electron chi connectivity index (χ2n) is 6.76. The molecule has 3 rings (SSSR count). The zero-order chi connectivity index (χ0) is 17.2. The molecule has 0 aliphatic carbocycles. The number of hydrogen-bond donors (Lipinski definition) is 0. The lowest BCUT2D eigenvalue weighted by Gasteiger charge is -2.36. The number of benzene rings is 1. The van der Waals surface area contributed by atoms with E-state index in [0.717, 1.165) is 12.2 Å². The molecule has 1 saturated heterocycles. The summed E-state index contributed by atoms with van der Waals surface area (Å²) in [7, 11) is 1.61. The number of hydrogen-bond acceptors (Lipinski definition) is 4. The van der Waals surface area contributed by atoms with Gasteiger partial charge in [0.15, 0.2) is 0 Å². The second kappa shape index (κ2) is 6.89. The molecule has 2 heterocycles. The summed E-state index contributed by atoms with van der Waals surface area (Å²) in [5, 5.41) is 8.34. The topological polar surface area (TPSA) is 43.2 Å². The van der Waals surface area contributed by atoms with Gasteiger partial charge >= 0.3 is 0 Å². The molecule has 1 aromatic carbocycles.